The number of thiophene rings is 1. The number of amides is 3. The summed E-state index contributed by atoms with van der Waals surface area (Å²) in [7, 11) is 1.55. The molecular weight excluding hydrogens is 354 g/mol. The van der Waals surface area contributed by atoms with Crippen molar-refractivity contribution in [2.45, 2.75) is 19.4 Å². The number of carbonyl (C=O) groups excluding carboxylic acids is 3. The normalized spacial score (nSPS) is 11.3. The third-order valence-electron chi connectivity index (χ3n) is 3.54. The number of hydrogen-bond donors (Lipinski definition) is 3. The molecule has 0 spiro atoms. The second kappa shape index (κ2) is 9.57. The first-order valence-electron chi connectivity index (χ1n) is 8.05. The molecule has 7 nitrogen and oxygen atoms in total. The van der Waals surface area contributed by atoms with E-state index in [1.165, 1.54) is 6.92 Å². The summed E-state index contributed by atoms with van der Waals surface area (Å²) in [4.78, 5) is 36.9. The van der Waals surface area contributed by atoms with E-state index in [2.05, 4.69) is 16.0 Å². The number of hydrogen-bond acceptors (Lipinski definition) is 5. The molecule has 3 N–H and O–H groups in total. The van der Waals surface area contributed by atoms with Crippen molar-refractivity contribution in [1.82, 2.24) is 10.6 Å². The molecule has 0 unspecified atom stereocenters. The third kappa shape index (κ3) is 5.89. The molecule has 2 aromatic rings. The van der Waals surface area contributed by atoms with Gasteiger partial charge in [-0.25, -0.2) is 0 Å². The standard InChI is InChI=1S/C18H21N3O4S/c1-12(16(22)21-13-5-7-14(25-2)8-6-13)20-18(24)17(23)19-10-9-15-4-3-11-26-15/h3-8,11-12H,9-10H2,1-2H3,(H,19,23)(H,20,24)(H,21,22)/t12-/m1/s1. The second-order valence-corrected chi connectivity index (χ2v) is 6.53. The highest BCUT2D eigenvalue weighted by Crippen LogP contribution is 2.15. The molecule has 1 heterocycles. The van der Waals surface area contributed by atoms with Gasteiger partial charge in [0.05, 0.1) is 7.11 Å². The van der Waals surface area contributed by atoms with E-state index in [0.717, 1.165) is 4.88 Å². The first-order valence-corrected chi connectivity index (χ1v) is 8.93. The van der Waals surface area contributed by atoms with E-state index in [0.29, 0.717) is 24.4 Å². The third-order valence-corrected chi connectivity index (χ3v) is 4.48. The van der Waals surface area contributed by atoms with Gasteiger partial charge in [0.1, 0.15) is 11.8 Å². The molecule has 0 aliphatic rings. The number of benzene rings is 1. The number of anilines is 1. The van der Waals surface area contributed by atoms with Gasteiger partial charge in [0, 0.05) is 17.1 Å². The van der Waals surface area contributed by atoms with Gasteiger partial charge in [-0.15, -0.1) is 11.3 Å². The second-order valence-electron chi connectivity index (χ2n) is 5.50. The van der Waals surface area contributed by atoms with Crippen LogP contribution >= 0.6 is 11.3 Å². The average molecular weight is 375 g/mol. The lowest BCUT2D eigenvalue weighted by molar-refractivity contribution is -0.140. The molecule has 3 amide bonds. The smallest absolute Gasteiger partial charge is 0.309 e. The van der Waals surface area contributed by atoms with Gasteiger partial charge in [0.15, 0.2) is 0 Å². The Morgan fingerprint density at radius 3 is 2.46 bits per heavy atom. The van der Waals surface area contributed by atoms with Gasteiger partial charge < -0.3 is 20.7 Å². The molecule has 0 aliphatic heterocycles. The largest absolute Gasteiger partial charge is 0.497 e. The van der Waals surface area contributed by atoms with Crippen molar-refractivity contribution in [1.29, 1.82) is 0 Å². The molecule has 0 radical (unpaired) electrons. The van der Waals surface area contributed by atoms with Crippen LogP contribution < -0.4 is 20.7 Å². The SMILES string of the molecule is COc1ccc(NC(=O)[C@@H](C)NC(=O)C(=O)NCCc2cccs2)cc1. The fourth-order valence-electron chi connectivity index (χ4n) is 2.09. The minimum atomic E-state index is -0.854. The Morgan fingerprint density at radius 2 is 1.85 bits per heavy atom. The van der Waals surface area contributed by atoms with E-state index < -0.39 is 23.8 Å². The summed E-state index contributed by atoms with van der Waals surface area (Å²) >= 11 is 1.59. The summed E-state index contributed by atoms with van der Waals surface area (Å²) in [5, 5.41) is 9.53. The van der Waals surface area contributed by atoms with Gasteiger partial charge >= 0.3 is 11.8 Å². The maximum Gasteiger partial charge on any atom is 0.309 e. The number of nitrogens with one attached hydrogen (secondary N) is 3. The Balaban J connectivity index is 1.75. The first kappa shape index (κ1) is 19.5. The van der Waals surface area contributed by atoms with Crippen LogP contribution in [-0.2, 0) is 20.8 Å². The van der Waals surface area contributed by atoms with Gasteiger partial charge in [0.25, 0.3) is 0 Å². The summed E-state index contributed by atoms with van der Waals surface area (Å²) in [6.07, 6.45) is 0.657. The van der Waals surface area contributed by atoms with Crippen LogP contribution in [0.3, 0.4) is 0 Å². The minimum absolute atomic E-state index is 0.360. The highest BCUT2D eigenvalue weighted by molar-refractivity contribution is 7.09. The monoisotopic (exact) mass is 375 g/mol. The number of rotatable bonds is 7. The van der Waals surface area contributed by atoms with Gasteiger partial charge in [-0.05, 0) is 49.1 Å². The summed E-state index contributed by atoms with van der Waals surface area (Å²) in [5.74, 6) is -1.35. The first-order chi connectivity index (χ1) is 12.5. The van der Waals surface area contributed by atoms with E-state index in [1.807, 2.05) is 17.5 Å². The molecule has 0 fully saturated rings. The maximum absolute atomic E-state index is 12.1. The summed E-state index contributed by atoms with van der Waals surface area (Å²) < 4.78 is 5.04. The Kier molecular flexibility index (Phi) is 7.16. The van der Waals surface area contributed by atoms with Gasteiger partial charge in [-0.3, -0.25) is 14.4 Å². The number of ether oxygens (including phenoxy) is 1. The zero-order chi connectivity index (χ0) is 18.9. The Bertz CT molecular complexity index is 744. The number of methoxy groups -OCH3 is 1. The Morgan fingerprint density at radius 1 is 1.12 bits per heavy atom. The van der Waals surface area contributed by atoms with Crippen LogP contribution in [0.4, 0.5) is 5.69 Å². The Labute approximate surface area is 155 Å². The van der Waals surface area contributed by atoms with Crippen LogP contribution in [0.1, 0.15) is 11.8 Å². The molecule has 2 rings (SSSR count). The lowest BCUT2D eigenvalue weighted by atomic mass is 10.2. The van der Waals surface area contributed by atoms with Crippen LogP contribution in [0, 0.1) is 0 Å². The van der Waals surface area contributed by atoms with Crippen molar-refractivity contribution in [3.8, 4) is 5.75 Å². The number of carbonyl (C=O) groups is 3. The molecule has 8 heteroatoms. The quantitative estimate of drug-likeness (QED) is 0.640. The minimum Gasteiger partial charge on any atom is -0.497 e. The lowest BCUT2D eigenvalue weighted by Gasteiger charge is -2.14. The van der Waals surface area contributed by atoms with Gasteiger partial charge in [-0.1, -0.05) is 6.07 Å². The summed E-state index contributed by atoms with van der Waals surface area (Å²) in [5.41, 5.74) is 0.567. The average Bonchev–Trinajstić information content (AvgIpc) is 3.15. The Hall–Kier alpha value is -2.87. The van der Waals surface area contributed by atoms with E-state index >= 15 is 0 Å². The van der Waals surface area contributed by atoms with E-state index in [-0.39, 0.29) is 0 Å². The van der Waals surface area contributed by atoms with Crippen LogP contribution in [0.15, 0.2) is 41.8 Å². The molecule has 1 aromatic heterocycles. The molecule has 138 valence electrons. The summed E-state index contributed by atoms with van der Waals surface area (Å²) in [6, 6.07) is 9.82. The van der Waals surface area contributed by atoms with Crippen molar-refractivity contribution >= 4 is 34.7 Å². The predicted molar refractivity (Wildman–Crippen MR) is 100 cm³/mol. The molecule has 0 bridgehead atoms. The van der Waals surface area contributed by atoms with Crippen molar-refractivity contribution in [2.75, 3.05) is 19.0 Å². The zero-order valence-electron chi connectivity index (χ0n) is 14.6. The highest BCUT2D eigenvalue weighted by atomic mass is 32.1. The van der Waals surface area contributed by atoms with Gasteiger partial charge in [-0.2, -0.15) is 0 Å². The van der Waals surface area contributed by atoms with Crippen molar-refractivity contribution in [3.05, 3.63) is 46.7 Å². The molecule has 1 atom stereocenters. The molecular formula is C18H21N3O4S. The fourth-order valence-corrected chi connectivity index (χ4v) is 2.80. The van der Waals surface area contributed by atoms with Crippen LogP contribution in [0.25, 0.3) is 0 Å². The van der Waals surface area contributed by atoms with Crippen molar-refractivity contribution < 1.29 is 19.1 Å². The molecule has 0 saturated heterocycles. The lowest BCUT2D eigenvalue weighted by Crippen LogP contribution is -2.48. The molecule has 0 saturated carbocycles. The predicted octanol–water partition coefficient (Wildman–Crippen LogP) is 1.56. The molecule has 0 aliphatic carbocycles. The topological polar surface area (TPSA) is 96.5 Å². The van der Waals surface area contributed by atoms with Crippen LogP contribution in [0.5, 0.6) is 5.75 Å². The highest BCUT2D eigenvalue weighted by Gasteiger charge is 2.20. The van der Waals surface area contributed by atoms with Crippen molar-refractivity contribution in [2.24, 2.45) is 0 Å². The molecule has 1 aromatic carbocycles. The molecule has 26 heavy (non-hydrogen) atoms. The zero-order valence-corrected chi connectivity index (χ0v) is 15.4. The van der Waals surface area contributed by atoms with E-state index in [4.69, 9.17) is 4.74 Å². The van der Waals surface area contributed by atoms with Crippen molar-refractivity contribution in [3.63, 3.8) is 0 Å². The van der Waals surface area contributed by atoms with E-state index in [9.17, 15) is 14.4 Å². The maximum atomic E-state index is 12.1. The van der Waals surface area contributed by atoms with Crippen LogP contribution in [0.2, 0.25) is 0 Å². The van der Waals surface area contributed by atoms with E-state index in [1.54, 1.807) is 42.7 Å². The van der Waals surface area contributed by atoms with Gasteiger partial charge in [0.2, 0.25) is 5.91 Å². The van der Waals surface area contributed by atoms with Crippen LogP contribution in [-0.4, -0.2) is 37.4 Å². The fraction of sp³-hybridized carbons (Fsp3) is 0.278. The summed E-state index contributed by atoms with van der Waals surface area (Å²) in [6.45, 7) is 1.87.